The van der Waals surface area contributed by atoms with Crippen LogP contribution < -0.4 is 5.32 Å². The molecule has 1 aliphatic rings. The molecule has 0 aliphatic heterocycles. The fourth-order valence-electron chi connectivity index (χ4n) is 2.39. The van der Waals surface area contributed by atoms with E-state index >= 15 is 0 Å². The van der Waals surface area contributed by atoms with Crippen LogP contribution in [0.15, 0.2) is 18.2 Å². The highest BCUT2D eigenvalue weighted by Crippen LogP contribution is 2.43. The lowest BCUT2D eigenvalue weighted by Gasteiger charge is -2.26. The summed E-state index contributed by atoms with van der Waals surface area (Å²) in [5, 5.41) is 2.89. The number of hydrogen-bond acceptors (Lipinski definition) is 1. The highest BCUT2D eigenvalue weighted by Gasteiger charge is 2.42. The summed E-state index contributed by atoms with van der Waals surface area (Å²) in [6, 6.07) is 3.74. The van der Waals surface area contributed by atoms with Crippen molar-refractivity contribution in [2.75, 3.05) is 0 Å². The first kappa shape index (κ1) is 15.9. The maximum absolute atomic E-state index is 13.7. The van der Waals surface area contributed by atoms with Crippen LogP contribution in [0, 0.1) is 23.0 Å². The smallest absolute Gasteiger partial charge is 0.220 e. The average Bonchev–Trinajstić information content (AvgIpc) is 3.06. The standard InChI is InChI=1S/C17H23F2NO/c1-10(17(2,3)4)8-15(21)20-14-9-11(14)16-12(18)6-5-7-13(16)19/h5-7,10-11,14H,8-9H2,1-4H3,(H,20,21). The van der Waals surface area contributed by atoms with Gasteiger partial charge in [0.1, 0.15) is 11.6 Å². The number of nitrogens with one attached hydrogen (secondary N) is 1. The van der Waals surface area contributed by atoms with Crippen molar-refractivity contribution in [3.05, 3.63) is 35.4 Å². The predicted octanol–water partition coefficient (Wildman–Crippen LogP) is 4.01. The maximum Gasteiger partial charge on any atom is 0.220 e. The van der Waals surface area contributed by atoms with Crippen molar-refractivity contribution in [2.24, 2.45) is 11.3 Å². The molecule has 1 N–H and O–H groups in total. The number of carbonyl (C=O) groups is 1. The van der Waals surface area contributed by atoms with E-state index < -0.39 is 11.6 Å². The molecular weight excluding hydrogens is 272 g/mol. The molecular formula is C17H23F2NO. The zero-order valence-electron chi connectivity index (χ0n) is 13.0. The number of hydrogen-bond donors (Lipinski definition) is 1. The number of rotatable bonds is 4. The minimum atomic E-state index is -0.528. The Bertz CT molecular complexity index is 516. The van der Waals surface area contributed by atoms with E-state index in [1.54, 1.807) is 0 Å². The number of benzene rings is 1. The van der Waals surface area contributed by atoms with Crippen molar-refractivity contribution in [3.63, 3.8) is 0 Å². The van der Waals surface area contributed by atoms with Crippen molar-refractivity contribution in [3.8, 4) is 0 Å². The summed E-state index contributed by atoms with van der Waals surface area (Å²) in [4.78, 5) is 12.0. The van der Waals surface area contributed by atoms with E-state index in [1.165, 1.54) is 18.2 Å². The molecule has 21 heavy (non-hydrogen) atoms. The lowest BCUT2D eigenvalue weighted by molar-refractivity contribution is -0.122. The van der Waals surface area contributed by atoms with Gasteiger partial charge in [-0.15, -0.1) is 0 Å². The molecule has 0 bridgehead atoms. The SMILES string of the molecule is CC(CC(=O)NC1CC1c1c(F)cccc1F)C(C)(C)C. The molecule has 0 aromatic heterocycles. The number of carbonyl (C=O) groups excluding carboxylic acids is 1. The summed E-state index contributed by atoms with van der Waals surface area (Å²) < 4.78 is 27.3. The quantitative estimate of drug-likeness (QED) is 0.893. The second-order valence-electron chi connectivity index (χ2n) is 7.12. The zero-order chi connectivity index (χ0) is 15.8. The third kappa shape index (κ3) is 3.80. The van der Waals surface area contributed by atoms with Crippen molar-refractivity contribution in [1.82, 2.24) is 5.32 Å². The van der Waals surface area contributed by atoms with Crippen molar-refractivity contribution >= 4 is 5.91 Å². The summed E-state index contributed by atoms with van der Waals surface area (Å²) in [6.07, 6.45) is 1.04. The second-order valence-corrected chi connectivity index (χ2v) is 7.12. The molecule has 4 heteroatoms. The van der Waals surface area contributed by atoms with Gasteiger partial charge >= 0.3 is 0 Å². The molecule has 1 aromatic rings. The molecule has 0 spiro atoms. The lowest BCUT2D eigenvalue weighted by Crippen LogP contribution is -2.31. The molecule has 2 nitrogen and oxygen atoms in total. The average molecular weight is 295 g/mol. The molecule has 1 amide bonds. The van der Waals surface area contributed by atoms with Crippen LogP contribution in [0.25, 0.3) is 0 Å². The first-order valence-electron chi connectivity index (χ1n) is 7.43. The molecule has 1 aliphatic carbocycles. The molecule has 3 atom stereocenters. The van der Waals surface area contributed by atoms with E-state index in [-0.39, 0.29) is 34.8 Å². The second kappa shape index (κ2) is 5.74. The highest BCUT2D eigenvalue weighted by atomic mass is 19.1. The number of halogens is 2. The van der Waals surface area contributed by atoms with E-state index in [1.807, 2.05) is 6.92 Å². The summed E-state index contributed by atoms with van der Waals surface area (Å²) in [7, 11) is 0. The lowest BCUT2D eigenvalue weighted by atomic mass is 9.80. The van der Waals surface area contributed by atoms with E-state index in [4.69, 9.17) is 0 Å². The van der Waals surface area contributed by atoms with Gasteiger partial charge in [-0.25, -0.2) is 8.78 Å². The molecule has 0 saturated heterocycles. The van der Waals surface area contributed by atoms with Crippen LogP contribution in [0.1, 0.15) is 52.0 Å². The summed E-state index contributed by atoms with van der Waals surface area (Å²) in [5.74, 6) is -1.08. The van der Waals surface area contributed by atoms with Crippen molar-refractivity contribution in [2.45, 2.75) is 52.5 Å². The number of amides is 1. The van der Waals surface area contributed by atoms with E-state index in [0.717, 1.165) is 0 Å². The normalized spacial score (nSPS) is 22.8. The predicted molar refractivity (Wildman–Crippen MR) is 78.9 cm³/mol. The van der Waals surface area contributed by atoms with Gasteiger partial charge in [-0.1, -0.05) is 33.8 Å². The van der Waals surface area contributed by atoms with Gasteiger partial charge < -0.3 is 5.32 Å². The van der Waals surface area contributed by atoms with Gasteiger partial charge in [0.05, 0.1) is 0 Å². The van der Waals surface area contributed by atoms with Crippen LogP contribution in [0.4, 0.5) is 8.78 Å². The Kier molecular flexibility index (Phi) is 4.35. The monoisotopic (exact) mass is 295 g/mol. The van der Waals surface area contributed by atoms with E-state index in [9.17, 15) is 13.6 Å². The molecule has 1 fully saturated rings. The van der Waals surface area contributed by atoms with Crippen LogP contribution in [-0.2, 0) is 4.79 Å². The third-order valence-electron chi connectivity index (χ3n) is 4.48. The molecule has 1 saturated carbocycles. The highest BCUT2D eigenvalue weighted by molar-refractivity contribution is 5.77. The molecule has 1 aromatic carbocycles. The Morgan fingerprint density at radius 3 is 2.43 bits per heavy atom. The van der Waals surface area contributed by atoms with Gasteiger partial charge in [0.15, 0.2) is 0 Å². The molecule has 0 radical (unpaired) electrons. The van der Waals surface area contributed by atoms with Crippen molar-refractivity contribution in [1.29, 1.82) is 0 Å². The van der Waals surface area contributed by atoms with Crippen LogP contribution in [0.3, 0.4) is 0 Å². The van der Waals surface area contributed by atoms with Crippen molar-refractivity contribution < 1.29 is 13.6 Å². The zero-order valence-corrected chi connectivity index (χ0v) is 13.0. The molecule has 3 unspecified atom stereocenters. The molecule has 0 heterocycles. The van der Waals surface area contributed by atoms with Gasteiger partial charge in [-0.05, 0) is 29.9 Å². The third-order valence-corrected chi connectivity index (χ3v) is 4.48. The summed E-state index contributed by atoms with van der Waals surface area (Å²) in [5.41, 5.74) is 0.171. The minimum Gasteiger partial charge on any atom is -0.353 e. The maximum atomic E-state index is 13.7. The summed E-state index contributed by atoms with van der Waals surface area (Å²) in [6.45, 7) is 8.33. The Labute approximate surface area is 124 Å². The van der Waals surface area contributed by atoms with Crippen LogP contribution in [0.2, 0.25) is 0 Å². The van der Waals surface area contributed by atoms with Gasteiger partial charge in [-0.2, -0.15) is 0 Å². The summed E-state index contributed by atoms with van der Waals surface area (Å²) >= 11 is 0. The first-order valence-corrected chi connectivity index (χ1v) is 7.43. The first-order chi connectivity index (χ1) is 9.70. The van der Waals surface area contributed by atoms with E-state index in [2.05, 4.69) is 26.1 Å². The van der Waals surface area contributed by atoms with Gasteiger partial charge in [0.25, 0.3) is 0 Å². The van der Waals surface area contributed by atoms with Gasteiger partial charge in [0.2, 0.25) is 5.91 Å². The molecule has 2 rings (SSSR count). The molecule has 116 valence electrons. The fourth-order valence-corrected chi connectivity index (χ4v) is 2.39. The Hall–Kier alpha value is -1.45. The Morgan fingerprint density at radius 1 is 1.33 bits per heavy atom. The van der Waals surface area contributed by atoms with Gasteiger partial charge in [-0.3, -0.25) is 4.79 Å². The van der Waals surface area contributed by atoms with Crippen LogP contribution in [-0.4, -0.2) is 11.9 Å². The fraction of sp³-hybridized carbons (Fsp3) is 0.588. The largest absolute Gasteiger partial charge is 0.353 e. The Morgan fingerprint density at radius 2 is 1.90 bits per heavy atom. The minimum absolute atomic E-state index is 0.0401. The van der Waals surface area contributed by atoms with E-state index in [0.29, 0.717) is 12.8 Å². The van der Waals surface area contributed by atoms with Crippen LogP contribution >= 0.6 is 0 Å². The van der Waals surface area contributed by atoms with Crippen LogP contribution in [0.5, 0.6) is 0 Å². The topological polar surface area (TPSA) is 29.1 Å². The van der Waals surface area contributed by atoms with Gasteiger partial charge in [0, 0.05) is 23.9 Å². The Balaban J connectivity index is 1.92.